The van der Waals surface area contributed by atoms with Crippen LogP contribution >= 0.6 is 0 Å². The van der Waals surface area contributed by atoms with Crippen LogP contribution in [0.25, 0.3) is 0 Å². The molecule has 190 valence electrons. The van der Waals surface area contributed by atoms with Crippen LogP contribution in [0.4, 0.5) is 13.2 Å². The number of amides is 2. The summed E-state index contributed by atoms with van der Waals surface area (Å²) in [5.74, 6) is -4.24. The molecule has 1 saturated heterocycles. The van der Waals surface area contributed by atoms with E-state index in [4.69, 9.17) is 4.84 Å². The number of hydrogen-bond acceptors (Lipinski definition) is 6. The lowest BCUT2D eigenvalue weighted by Crippen LogP contribution is -2.53. The molecule has 1 aromatic carbocycles. The summed E-state index contributed by atoms with van der Waals surface area (Å²) < 4.78 is 42.3. The fourth-order valence-electron chi connectivity index (χ4n) is 5.28. The first-order valence-corrected chi connectivity index (χ1v) is 11.4. The van der Waals surface area contributed by atoms with E-state index in [-0.39, 0.29) is 30.8 Å². The number of aromatic nitrogens is 1. The summed E-state index contributed by atoms with van der Waals surface area (Å²) in [6, 6.07) is 1.42. The summed E-state index contributed by atoms with van der Waals surface area (Å²) in [4.78, 5) is 46.2. The Kier molecular flexibility index (Phi) is 5.76. The van der Waals surface area contributed by atoms with Crippen molar-refractivity contribution in [3.63, 3.8) is 0 Å². The fraction of sp³-hybridized carbons (Fsp3) is 0.417. The molecule has 0 radical (unpaired) electrons. The van der Waals surface area contributed by atoms with Gasteiger partial charge < -0.3 is 24.7 Å². The molecule has 9 nitrogen and oxygen atoms in total. The van der Waals surface area contributed by atoms with Gasteiger partial charge in [-0.2, -0.15) is 0 Å². The van der Waals surface area contributed by atoms with Crippen LogP contribution in [0.5, 0.6) is 5.75 Å². The third kappa shape index (κ3) is 3.71. The van der Waals surface area contributed by atoms with Gasteiger partial charge in [0.15, 0.2) is 17.0 Å². The van der Waals surface area contributed by atoms with E-state index in [2.05, 4.69) is 10.5 Å². The van der Waals surface area contributed by atoms with Crippen molar-refractivity contribution < 1.29 is 32.7 Å². The van der Waals surface area contributed by atoms with Gasteiger partial charge in [-0.3, -0.25) is 14.4 Å². The monoisotopic (exact) mass is 504 g/mol. The molecule has 1 aromatic heterocycles. The summed E-state index contributed by atoms with van der Waals surface area (Å²) >= 11 is 0. The van der Waals surface area contributed by atoms with Crippen molar-refractivity contribution >= 4 is 17.5 Å². The van der Waals surface area contributed by atoms with Crippen molar-refractivity contribution in [1.29, 1.82) is 0 Å². The van der Waals surface area contributed by atoms with Crippen LogP contribution in [0.1, 0.15) is 58.6 Å². The molecule has 2 N–H and O–H groups in total. The zero-order valence-electron chi connectivity index (χ0n) is 19.3. The minimum absolute atomic E-state index is 0.00943. The van der Waals surface area contributed by atoms with Gasteiger partial charge in [-0.15, -0.1) is 0 Å². The van der Waals surface area contributed by atoms with E-state index in [9.17, 15) is 32.7 Å². The normalized spacial score (nSPS) is 24.7. The second-order valence-corrected chi connectivity index (χ2v) is 9.37. The van der Waals surface area contributed by atoms with Crippen molar-refractivity contribution in [3.05, 3.63) is 63.1 Å². The van der Waals surface area contributed by atoms with E-state index in [1.807, 2.05) is 0 Å². The third-order valence-corrected chi connectivity index (χ3v) is 7.14. The molecule has 3 aliphatic rings. The number of carbonyl (C=O) groups excluding carboxylic acids is 2. The highest BCUT2D eigenvalue weighted by Crippen LogP contribution is 2.46. The molecular weight excluding hydrogens is 481 g/mol. The van der Waals surface area contributed by atoms with E-state index in [0.717, 1.165) is 12.1 Å². The molecule has 1 spiro atoms. The Morgan fingerprint density at radius 2 is 2.11 bits per heavy atom. The largest absolute Gasteiger partial charge is 0.503 e. The molecule has 2 amide bonds. The molecule has 2 aromatic rings. The topological polar surface area (TPSA) is 113 Å². The summed E-state index contributed by atoms with van der Waals surface area (Å²) in [7, 11) is 0. The molecule has 1 fully saturated rings. The second-order valence-electron chi connectivity index (χ2n) is 9.37. The Morgan fingerprint density at radius 3 is 2.78 bits per heavy atom. The van der Waals surface area contributed by atoms with Gasteiger partial charge in [-0.25, -0.2) is 13.2 Å². The number of halogens is 3. The Hall–Kier alpha value is -3.83. The average molecular weight is 504 g/mol. The molecule has 4 heterocycles. The third-order valence-electron chi connectivity index (χ3n) is 7.14. The zero-order valence-corrected chi connectivity index (χ0v) is 19.3. The smallest absolute Gasteiger partial charge is 0.274 e. The van der Waals surface area contributed by atoms with E-state index >= 15 is 0 Å². The Morgan fingerprint density at radius 1 is 1.33 bits per heavy atom. The SMILES string of the molecule is CC1=NOC2(CCC(CF)N3CC2n2cc(C(=O)NCc4ccc(F)cc4F)c(=O)c(O)c2C3=O)C1. The van der Waals surface area contributed by atoms with Crippen molar-refractivity contribution in [2.24, 2.45) is 5.16 Å². The summed E-state index contributed by atoms with van der Waals surface area (Å²) in [5, 5.41) is 17.2. The van der Waals surface area contributed by atoms with Gasteiger partial charge >= 0.3 is 0 Å². The first-order chi connectivity index (χ1) is 17.1. The maximum Gasteiger partial charge on any atom is 0.274 e. The van der Waals surface area contributed by atoms with E-state index < -0.39 is 64.5 Å². The molecule has 0 saturated carbocycles. The molecule has 36 heavy (non-hydrogen) atoms. The quantitative estimate of drug-likeness (QED) is 0.664. The Labute approximate surface area is 203 Å². The van der Waals surface area contributed by atoms with Crippen LogP contribution in [0, 0.1) is 11.6 Å². The summed E-state index contributed by atoms with van der Waals surface area (Å²) in [6.45, 7) is 0.657. The number of alkyl halides is 1. The van der Waals surface area contributed by atoms with Gasteiger partial charge in [0, 0.05) is 37.3 Å². The second kappa shape index (κ2) is 8.68. The first-order valence-electron chi connectivity index (χ1n) is 11.4. The number of pyridine rings is 1. The van der Waals surface area contributed by atoms with Gasteiger partial charge in [0.1, 0.15) is 23.9 Å². The molecule has 3 aliphatic heterocycles. The molecule has 2 bridgehead atoms. The highest BCUT2D eigenvalue weighted by Gasteiger charge is 2.54. The number of fused-ring (bicyclic) bond motifs is 5. The van der Waals surface area contributed by atoms with Crippen LogP contribution in [0.15, 0.2) is 34.3 Å². The Balaban J connectivity index is 1.55. The number of nitrogens with one attached hydrogen (secondary N) is 1. The lowest BCUT2D eigenvalue weighted by molar-refractivity contribution is -0.0655. The number of nitrogens with zero attached hydrogens (tertiary/aromatic N) is 3. The number of oxime groups is 1. The van der Waals surface area contributed by atoms with E-state index in [1.54, 1.807) is 6.92 Å². The van der Waals surface area contributed by atoms with Crippen LogP contribution in [0.3, 0.4) is 0 Å². The zero-order chi connectivity index (χ0) is 25.8. The lowest BCUT2D eigenvalue weighted by Gasteiger charge is -2.42. The minimum Gasteiger partial charge on any atom is -0.503 e. The molecule has 0 aliphatic carbocycles. The molecule has 3 unspecified atom stereocenters. The van der Waals surface area contributed by atoms with Crippen molar-refractivity contribution in [2.75, 3.05) is 13.2 Å². The van der Waals surface area contributed by atoms with Gasteiger partial charge in [0.2, 0.25) is 5.43 Å². The van der Waals surface area contributed by atoms with Crippen molar-refractivity contribution in [2.45, 2.75) is 50.4 Å². The van der Waals surface area contributed by atoms with E-state index in [1.165, 1.54) is 15.7 Å². The highest BCUT2D eigenvalue weighted by atomic mass is 19.1. The van der Waals surface area contributed by atoms with Crippen LogP contribution in [0.2, 0.25) is 0 Å². The van der Waals surface area contributed by atoms with Gasteiger partial charge in [-0.05, 0) is 25.8 Å². The lowest BCUT2D eigenvalue weighted by atomic mass is 9.84. The van der Waals surface area contributed by atoms with Gasteiger partial charge in [0.25, 0.3) is 11.8 Å². The number of benzene rings is 1. The minimum atomic E-state index is -1.10. The number of hydrogen-bond donors (Lipinski definition) is 2. The van der Waals surface area contributed by atoms with Crippen LogP contribution in [-0.2, 0) is 11.4 Å². The van der Waals surface area contributed by atoms with Crippen LogP contribution in [-0.4, -0.2) is 57.0 Å². The van der Waals surface area contributed by atoms with Crippen LogP contribution < -0.4 is 10.7 Å². The van der Waals surface area contributed by atoms with Crippen molar-refractivity contribution in [1.82, 2.24) is 14.8 Å². The number of carbonyl (C=O) groups is 2. The summed E-state index contributed by atoms with van der Waals surface area (Å²) in [6.07, 6.45) is 2.20. The molecule has 12 heteroatoms. The molecule has 5 rings (SSSR count). The van der Waals surface area contributed by atoms with Gasteiger partial charge in [-0.1, -0.05) is 11.2 Å². The van der Waals surface area contributed by atoms with Gasteiger partial charge in [0.05, 0.1) is 17.8 Å². The fourth-order valence-corrected chi connectivity index (χ4v) is 5.28. The molecular formula is C24H23F3N4O5. The maximum absolute atomic E-state index is 14.0. The predicted molar refractivity (Wildman–Crippen MR) is 121 cm³/mol. The predicted octanol–water partition coefficient (Wildman–Crippen LogP) is 2.43. The van der Waals surface area contributed by atoms with E-state index in [0.29, 0.717) is 24.6 Å². The Bertz CT molecular complexity index is 1360. The van der Waals surface area contributed by atoms with Crippen molar-refractivity contribution in [3.8, 4) is 5.75 Å². The standard InChI is InChI=1S/C24H23F3N4O5/c1-12-7-24(36-29-12)5-4-15(8-25)30-11-18(24)31-10-16(20(32)21(33)19(31)23(30)35)22(34)28-9-13-2-3-14(26)6-17(13)27/h2-3,6,10,15,18,33H,4-5,7-9,11H2,1H3,(H,28,34). The number of aromatic hydroxyl groups is 1. The average Bonchev–Trinajstić information content (AvgIpc) is 3.16. The summed E-state index contributed by atoms with van der Waals surface area (Å²) in [5.41, 5.74) is -2.21. The maximum atomic E-state index is 14.0. The number of rotatable bonds is 4. The highest BCUT2D eigenvalue weighted by molar-refractivity contribution is 5.99. The molecule has 3 atom stereocenters. The first kappa shape index (κ1) is 23.9.